The van der Waals surface area contributed by atoms with Gasteiger partial charge in [-0.2, -0.15) is 4.31 Å². The van der Waals surface area contributed by atoms with E-state index in [9.17, 15) is 8.42 Å². The second-order valence-electron chi connectivity index (χ2n) is 7.05. The maximum absolute atomic E-state index is 13.3. The van der Waals surface area contributed by atoms with Gasteiger partial charge in [0.2, 0.25) is 10.0 Å². The number of sulfonamides is 1. The highest BCUT2D eigenvalue weighted by Gasteiger charge is 2.30. The molecule has 0 spiro atoms. The zero-order chi connectivity index (χ0) is 19.6. The first-order chi connectivity index (χ1) is 12.8. The number of benzene rings is 1. The summed E-state index contributed by atoms with van der Waals surface area (Å²) < 4.78 is 38.5. The molecule has 0 atom stereocenters. The van der Waals surface area contributed by atoms with Crippen LogP contribution in [-0.4, -0.2) is 56.1 Å². The van der Waals surface area contributed by atoms with Crippen LogP contribution in [0.25, 0.3) is 0 Å². The standard InChI is InChI=1S/C19H27N3O4S/c1-14-10-18(25-4)19(11-15(14)2)27(23,24)22-7-5-6-21(8-9-22)13-17-12-16(3)26-20-17/h10-12H,5-9,13H2,1-4H3. The average Bonchev–Trinajstić information content (AvgIpc) is 2.89. The normalized spacial score (nSPS) is 17.0. The lowest BCUT2D eigenvalue weighted by atomic mass is 10.1. The molecule has 1 aromatic heterocycles. The molecule has 0 aliphatic carbocycles. The predicted molar refractivity (Wildman–Crippen MR) is 102 cm³/mol. The lowest BCUT2D eigenvalue weighted by Gasteiger charge is -2.22. The van der Waals surface area contributed by atoms with Crippen LogP contribution in [0.4, 0.5) is 0 Å². The quantitative estimate of drug-likeness (QED) is 0.777. The summed E-state index contributed by atoms with van der Waals surface area (Å²) >= 11 is 0. The van der Waals surface area contributed by atoms with Crippen molar-refractivity contribution < 1.29 is 17.7 Å². The number of hydrogen-bond acceptors (Lipinski definition) is 6. The van der Waals surface area contributed by atoms with E-state index in [-0.39, 0.29) is 4.90 Å². The van der Waals surface area contributed by atoms with E-state index in [2.05, 4.69) is 10.1 Å². The van der Waals surface area contributed by atoms with Crippen molar-refractivity contribution in [3.8, 4) is 5.75 Å². The molecule has 1 saturated heterocycles. The van der Waals surface area contributed by atoms with Crippen LogP contribution in [0.3, 0.4) is 0 Å². The molecular formula is C19H27N3O4S. The number of ether oxygens (including phenoxy) is 1. The van der Waals surface area contributed by atoms with Crippen molar-refractivity contribution in [3.63, 3.8) is 0 Å². The number of hydrogen-bond donors (Lipinski definition) is 0. The Morgan fingerprint density at radius 3 is 2.48 bits per heavy atom. The molecule has 1 aliphatic heterocycles. The molecule has 0 bridgehead atoms. The van der Waals surface area contributed by atoms with Gasteiger partial charge in [0.05, 0.1) is 12.8 Å². The Labute approximate surface area is 160 Å². The minimum atomic E-state index is -3.61. The van der Waals surface area contributed by atoms with E-state index in [0.29, 0.717) is 31.9 Å². The summed E-state index contributed by atoms with van der Waals surface area (Å²) in [6.45, 7) is 8.80. The van der Waals surface area contributed by atoms with Gasteiger partial charge in [-0.25, -0.2) is 8.42 Å². The third kappa shape index (κ3) is 4.34. The number of methoxy groups -OCH3 is 1. The number of aromatic nitrogens is 1. The molecular weight excluding hydrogens is 366 g/mol. The molecule has 1 aromatic carbocycles. The first kappa shape index (κ1) is 19.9. The van der Waals surface area contributed by atoms with E-state index >= 15 is 0 Å². The van der Waals surface area contributed by atoms with Crippen LogP contribution >= 0.6 is 0 Å². The van der Waals surface area contributed by atoms with Crippen LogP contribution < -0.4 is 4.74 Å². The van der Waals surface area contributed by atoms with E-state index in [1.165, 1.54) is 7.11 Å². The van der Waals surface area contributed by atoms with Crippen molar-refractivity contribution in [2.75, 3.05) is 33.3 Å². The van der Waals surface area contributed by atoms with E-state index in [0.717, 1.165) is 35.5 Å². The highest BCUT2D eigenvalue weighted by Crippen LogP contribution is 2.30. The SMILES string of the molecule is COc1cc(C)c(C)cc1S(=O)(=O)N1CCCN(Cc2cc(C)on2)CC1. The largest absolute Gasteiger partial charge is 0.495 e. The van der Waals surface area contributed by atoms with Crippen LogP contribution in [0.15, 0.2) is 27.6 Å². The lowest BCUT2D eigenvalue weighted by molar-refractivity contribution is 0.268. The molecule has 2 aromatic rings. The molecule has 27 heavy (non-hydrogen) atoms. The second-order valence-corrected chi connectivity index (χ2v) is 8.96. The molecule has 0 unspecified atom stereocenters. The highest BCUT2D eigenvalue weighted by atomic mass is 32.2. The summed E-state index contributed by atoms with van der Waals surface area (Å²) in [5.74, 6) is 1.18. The Morgan fingerprint density at radius 1 is 1.07 bits per heavy atom. The minimum Gasteiger partial charge on any atom is -0.495 e. The van der Waals surface area contributed by atoms with Gasteiger partial charge in [0.1, 0.15) is 16.4 Å². The number of nitrogens with zero attached hydrogens (tertiary/aromatic N) is 3. The van der Waals surface area contributed by atoms with Crippen LogP contribution in [-0.2, 0) is 16.6 Å². The number of aryl methyl sites for hydroxylation is 3. The van der Waals surface area contributed by atoms with Crippen LogP contribution in [0.2, 0.25) is 0 Å². The van der Waals surface area contributed by atoms with Crippen molar-refractivity contribution in [1.29, 1.82) is 0 Å². The minimum absolute atomic E-state index is 0.244. The van der Waals surface area contributed by atoms with Gasteiger partial charge < -0.3 is 9.26 Å². The molecule has 0 radical (unpaired) electrons. The summed E-state index contributed by atoms with van der Waals surface area (Å²) in [7, 11) is -2.10. The molecule has 8 heteroatoms. The maximum Gasteiger partial charge on any atom is 0.246 e. The molecule has 1 aliphatic rings. The Hall–Kier alpha value is -1.90. The van der Waals surface area contributed by atoms with Gasteiger partial charge in [-0.05, 0) is 57.0 Å². The molecule has 1 fully saturated rings. The molecule has 148 valence electrons. The van der Waals surface area contributed by atoms with E-state index < -0.39 is 10.0 Å². The van der Waals surface area contributed by atoms with Crippen molar-refractivity contribution in [1.82, 2.24) is 14.4 Å². The fraction of sp³-hybridized carbons (Fsp3) is 0.526. The zero-order valence-corrected chi connectivity index (χ0v) is 17.2. The average molecular weight is 394 g/mol. The third-order valence-electron chi connectivity index (χ3n) is 5.01. The van der Waals surface area contributed by atoms with E-state index in [1.807, 2.05) is 26.8 Å². The van der Waals surface area contributed by atoms with Crippen molar-refractivity contribution in [2.24, 2.45) is 0 Å². The molecule has 7 nitrogen and oxygen atoms in total. The second kappa shape index (κ2) is 8.00. The van der Waals surface area contributed by atoms with Gasteiger partial charge in [-0.3, -0.25) is 4.90 Å². The topological polar surface area (TPSA) is 75.9 Å². The van der Waals surface area contributed by atoms with Crippen LogP contribution in [0, 0.1) is 20.8 Å². The Balaban J connectivity index is 1.77. The van der Waals surface area contributed by atoms with Crippen LogP contribution in [0.1, 0.15) is 29.0 Å². The molecule has 2 heterocycles. The summed E-state index contributed by atoms with van der Waals surface area (Å²) in [5.41, 5.74) is 2.82. The number of rotatable bonds is 5. The molecule has 0 amide bonds. The van der Waals surface area contributed by atoms with Gasteiger partial charge >= 0.3 is 0 Å². The fourth-order valence-corrected chi connectivity index (χ4v) is 5.02. The van der Waals surface area contributed by atoms with Gasteiger partial charge in [-0.15, -0.1) is 0 Å². The van der Waals surface area contributed by atoms with Gasteiger partial charge in [-0.1, -0.05) is 5.16 Å². The van der Waals surface area contributed by atoms with Gasteiger partial charge in [0, 0.05) is 32.2 Å². The summed E-state index contributed by atoms with van der Waals surface area (Å²) in [5, 5.41) is 4.03. The van der Waals surface area contributed by atoms with Crippen molar-refractivity contribution >= 4 is 10.0 Å². The van der Waals surface area contributed by atoms with E-state index in [4.69, 9.17) is 9.26 Å². The fourth-order valence-electron chi connectivity index (χ4n) is 3.33. The van der Waals surface area contributed by atoms with Crippen LogP contribution in [0.5, 0.6) is 5.75 Å². The zero-order valence-electron chi connectivity index (χ0n) is 16.4. The Morgan fingerprint density at radius 2 is 1.81 bits per heavy atom. The molecule has 0 saturated carbocycles. The molecule has 3 rings (SSSR count). The first-order valence-corrected chi connectivity index (χ1v) is 10.5. The predicted octanol–water partition coefficient (Wildman–Crippen LogP) is 2.51. The van der Waals surface area contributed by atoms with E-state index in [1.54, 1.807) is 16.4 Å². The van der Waals surface area contributed by atoms with Crippen molar-refractivity contribution in [2.45, 2.75) is 38.6 Å². The Bertz CT molecular complexity index is 908. The Kier molecular flexibility index (Phi) is 5.88. The summed E-state index contributed by atoms with van der Waals surface area (Å²) in [6, 6.07) is 5.42. The smallest absolute Gasteiger partial charge is 0.246 e. The monoisotopic (exact) mass is 393 g/mol. The summed E-state index contributed by atoms with van der Waals surface area (Å²) in [4.78, 5) is 2.46. The summed E-state index contributed by atoms with van der Waals surface area (Å²) in [6.07, 6.45) is 0.767. The highest BCUT2D eigenvalue weighted by molar-refractivity contribution is 7.89. The third-order valence-corrected chi connectivity index (χ3v) is 6.93. The lowest BCUT2D eigenvalue weighted by Crippen LogP contribution is -2.35. The molecule has 0 N–H and O–H groups in total. The van der Waals surface area contributed by atoms with Crippen molar-refractivity contribution in [3.05, 3.63) is 40.8 Å². The first-order valence-electron chi connectivity index (χ1n) is 9.11. The van der Waals surface area contributed by atoms with Gasteiger partial charge in [0.15, 0.2) is 0 Å². The van der Waals surface area contributed by atoms with Gasteiger partial charge in [0.25, 0.3) is 0 Å². The maximum atomic E-state index is 13.3.